The lowest BCUT2D eigenvalue weighted by molar-refractivity contribution is 0.613. The van der Waals surface area contributed by atoms with Crippen LogP contribution in [0.1, 0.15) is 11.1 Å². The molecule has 0 saturated carbocycles. The highest BCUT2D eigenvalue weighted by molar-refractivity contribution is 5.84. The summed E-state index contributed by atoms with van der Waals surface area (Å²) in [6.07, 6.45) is 2.71. The molecule has 2 rings (SSSR count). The van der Waals surface area contributed by atoms with Crippen LogP contribution in [0.15, 0.2) is 28.9 Å². The molecule has 0 fully saturated rings. The number of hydrogen-bond acceptors (Lipinski definition) is 2. The molecule has 0 bridgehead atoms. The molecule has 0 amide bonds. The Kier molecular flexibility index (Phi) is 2.07. The fourth-order valence-corrected chi connectivity index (χ4v) is 1.70. The van der Waals surface area contributed by atoms with E-state index in [4.69, 9.17) is 10.2 Å². The van der Waals surface area contributed by atoms with Crippen LogP contribution < -0.4 is 5.73 Å². The number of benzene rings is 1. The van der Waals surface area contributed by atoms with E-state index in [-0.39, 0.29) is 0 Å². The van der Waals surface area contributed by atoms with Crippen molar-refractivity contribution in [3.8, 4) is 0 Å². The number of furan rings is 1. The van der Waals surface area contributed by atoms with Gasteiger partial charge in [0.25, 0.3) is 0 Å². The number of hydrogen-bond donors (Lipinski definition) is 1. The molecule has 2 N–H and O–H groups in total. The van der Waals surface area contributed by atoms with Gasteiger partial charge in [-0.15, -0.1) is 0 Å². The molecular weight excluding hydrogens is 162 g/mol. The van der Waals surface area contributed by atoms with Crippen LogP contribution in [0, 0.1) is 6.92 Å². The molecule has 2 aromatic rings. The molecule has 0 saturated heterocycles. The highest BCUT2D eigenvalue weighted by Gasteiger charge is 2.05. The van der Waals surface area contributed by atoms with Gasteiger partial charge in [-0.3, -0.25) is 0 Å². The van der Waals surface area contributed by atoms with E-state index in [0.717, 1.165) is 12.0 Å². The van der Waals surface area contributed by atoms with Crippen molar-refractivity contribution in [1.82, 2.24) is 0 Å². The molecule has 1 heterocycles. The first-order chi connectivity index (χ1) is 6.33. The van der Waals surface area contributed by atoms with Crippen LogP contribution in [-0.2, 0) is 6.42 Å². The Bertz CT molecular complexity index is 417. The van der Waals surface area contributed by atoms with Gasteiger partial charge in [-0.25, -0.2) is 0 Å². The van der Waals surface area contributed by atoms with Gasteiger partial charge in [-0.1, -0.05) is 12.1 Å². The van der Waals surface area contributed by atoms with Crippen LogP contribution in [0.3, 0.4) is 0 Å². The lowest BCUT2D eigenvalue weighted by Crippen LogP contribution is -2.02. The summed E-state index contributed by atoms with van der Waals surface area (Å²) in [6.45, 7) is 2.75. The Labute approximate surface area is 77.3 Å². The van der Waals surface area contributed by atoms with Gasteiger partial charge in [0.1, 0.15) is 5.58 Å². The second-order valence-electron chi connectivity index (χ2n) is 3.25. The maximum Gasteiger partial charge on any atom is 0.134 e. The Balaban J connectivity index is 2.65. The lowest BCUT2D eigenvalue weighted by atomic mass is 10.0. The molecule has 0 radical (unpaired) electrons. The summed E-state index contributed by atoms with van der Waals surface area (Å²) >= 11 is 0. The summed E-state index contributed by atoms with van der Waals surface area (Å²) in [5.74, 6) is 0. The lowest BCUT2D eigenvalue weighted by Gasteiger charge is -2.00. The molecule has 1 aromatic carbocycles. The van der Waals surface area contributed by atoms with Gasteiger partial charge in [0.15, 0.2) is 0 Å². The third-order valence-corrected chi connectivity index (χ3v) is 2.28. The molecule has 0 atom stereocenters. The van der Waals surface area contributed by atoms with Crippen LogP contribution in [-0.4, -0.2) is 6.54 Å². The third kappa shape index (κ3) is 1.33. The zero-order chi connectivity index (χ0) is 9.26. The zero-order valence-electron chi connectivity index (χ0n) is 7.71. The first-order valence-electron chi connectivity index (χ1n) is 4.48. The van der Waals surface area contributed by atoms with Crippen molar-refractivity contribution in [2.75, 3.05) is 6.54 Å². The molecule has 0 aliphatic rings. The third-order valence-electron chi connectivity index (χ3n) is 2.28. The van der Waals surface area contributed by atoms with Crippen molar-refractivity contribution in [2.45, 2.75) is 13.3 Å². The highest BCUT2D eigenvalue weighted by atomic mass is 16.3. The smallest absolute Gasteiger partial charge is 0.134 e. The zero-order valence-corrected chi connectivity index (χ0v) is 7.71. The number of fused-ring (bicyclic) bond motifs is 1. The Morgan fingerprint density at radius 3 is 3.00 bits per heavy atom. The van der Waals surface area contributed by atoms with Crippen molar-refractivity contribution in [2.24, 2.45) is 5.73 Å². The maximum absolute atomic E-state index is 5.54. The van der Waals surface area contributed by atoms with E-state index in [1.54, 1.807) is 6.26 Å². The summed E-state index contributed by atoms with van der Waals surface area (Å²) in [5.41, 5.74) is 8.98. The molecule has 1 aromatic heterocycles. The predicted molar refractivity (Wildman–Crippen MR) is 53.7 cm³/mol. The fourth-order valence-electron chi connectivity index (χ4n) is 1.70. The van der Waals surface area contributed by atoms with Crippen LogP contribution in [0.2, 0.25) is 0 Å². The van der Waals surface area contributed by atoms with Gasteiger partial charge < -0.3 is 10.2 Å². The SMILES string of the molecule is Cc1coc2cccc(CCN)c12. The molecular formula is C11H13NO. The van der Waals surface area contributed by atoms with E-state index in [1.165, 1.54) is 16.5 Å². The molecule has 13 heavy (non-hydrogen) atoms. The quantitative estimate of drug-likeness (QED) is 0.760. The Hall–Kier alpha value is -1.28. The first kappa shape index (κ1) is 8.32. The van der Waals surface area contributed by atoms with Crippen molar-refractivity contribution < 1.29 is 4.42 Å². The minimum absolute atomic E-state index is 0.684. The second-order valence-corrected chi connectivity index (χ2v) is 3.25. The van der Waals surface area contributed by atoms with Crippen LogP contribution in [0.4, 0.5) is 0 Å². The molecule has 0 aliphatic heterocycles. The van der Waals surface area contributed by atoms with Gasteiger partial charge in [0, 0.05) is 5.39 Å². The monoisotopic (exact) mass is 175 g/mol. The summed E-state index contributed by atoms with van der Waals surface area (Å²) in [5, 5.41) is 1.23. The van der Waals surface area contributed by atoms with Crippen molar-refractivity contribution in [3.63, 3.8) is 0 Å². The number of aryl methyl sites for hydroxylation is 1. The van der Waals surface area contributed by atoms with Gasteiger partial charge in [0.2, 0.25) is 0 Å². The molecule has 68 valence electrons. The van der Waals surface area contributed by atoms with Crippen LogP contribution in [0.5, 0.6) is 0 Å². The fraction of sp³-hybridized carbons (Fsp3) is 0.273. The minimum atomic E-state index is 0.684. The largest absolute Gasteiger partial charge is 0.464 e. The van der Waals surface area contributed by atoms with Crippen molar-refractivity contribution in [1.29, 1.82) is 0 Å². The summed E-state index contributed by atoms with van der Waals surface area (Å²) in [4.78, 5) is 0. The van der Waals surface area contributed by atoms with E-state index in [0.29, 0.717) is 6.54 Å². The Morgan fingerprint density at radius 2 is 2.23 bits per heavy atom. The molecule has 0 unspecified atom stereocenters. The highest BCUT2D eigenvalue weighted by Crippen LogP contribution is 2.24. The van der Waals surface area contributed by atoms with E-state index < -0.39 is 0 Å². The van der Waals surface area contributed by atoms with E-state index in [1.807, 2.05) is 12.1 Å². The molecule has 0 spiro atoms. The Morgan fingerprint density at radius 1 is 1.38 bits per heavy atom. The molecule has 2 nitrogen and oxygen atoms in total. The standard InChI is InChI=1S/C11H13NO/c1-8-7-13-10-4-2-3-9(5-6-12)11(8)10/h2-4,7H,5-6,12H2,1H3. The first-order valence-corrected chi connectivity index (χ1v) is 4.48. The predicted octanol–water partition coefficient (Wildman–Crippen LogP) is 2.24. The van der Waals surface area contributed by atoms with Gasteiger partial charge in [0.05, 0.1) is 6.26 Å². The molecule has 0 aliphatic carbocycles. The topological polar surface area (TPSA) is 39.2 Å². The maximum atomic E-state index is 5.54. The summed E-state index contributed by atoms with van der Waals surface area (Å²) < 4.78 is 5.39. The minimum Gasteiger partial charge on any atom is -0.464 e. The van der Waals surface area contributed by atoms with Crippen molar-refractivity contribution in [3.05, 3.63) is 35.6 Å². The summed E-state index contributed by atoms with van der Waals surface area (Å²) in [6, 6.07) is 6.11. The normalized spacial score (nSPS) is 10.9. The van der Waals surface area contributed by atoms with E-state index in [2.05, 4.69) is 13.0 Å². The summed E-state index contributed by atoms with van der Waals surface area (Å²) in [7, 11) is 0. The number of nitrogens with two attached hydrogens (primary N) is 1. The second kappa shape index (κ2) is 3.23. The van der Waals surface area contributed by atoms with Crippen LogP contribution >= 0.6 is 0 Å². The van der Waals surface area contributed by atoms with Crippen molar-refractivity contribution >= 4 is 11.0 Å². The average Bonchev–Trinajstić information content (AvgIpc) is 2.50. The van der Waals surface area contributed by atoms with Crippen LogP contribution in [0.25, 0.3) is 11.0 Å². The molecule has 2 heteroatoms. The van der Waals surface area contributed by atoms with Gasteiger partial charge in [-0.2, -0.15) is 0 Å². The van der Waals surface area contributed by atoms with Gasteiger partial charge in [-0.05, 0) is 37.1 Å². The van der Waals surface area contributed by atoms with E-state index in [9.17, 15) is 0 Å². The van der Waals surface area contributed by atoms with E-state index >= 15 is 0 Å². The van der Waals surface area contributed by atoms with Gasteiger partial charge >= 0.3 is 0 Å². The number of rotatable bonds is 2. The average molecular weight is 175 g/mol.